The third-order valence-electron chi connectivity index (χ3n) is 7.25. The lowest BCUT2D eigenvalue weighted by Crippen LogP contribution is -2.50. The number of anilines is 2. The van der Waals surface area contributed by atoms with Gasteiger partial charge in [-0.15, -0.1) is 0 Å². The van der Waals surface area contributed by atoms with E-state index in [0.717, 1.165) is 56.3 Å². The second kappa shape index (κ2) is 12.9. The number of nitrogens with one attached hydrogen (secondary N) is 3. The first-order valence-corrected chi connectivity index (χ1v) is 14.0. The molecular weight excluding hydrogens is 513 g/mol. The molecule has 2 aromatic heterocycles. The zero-order valence-corrected chi connectivity index (χ0v) is 23.2. The lowest BCUT2D eigenvalue weighted by atomic mass is 9.90. The van der Waals surface area contributed by atoms with Gasteiger partial charge in [0, 0.05) is 55.2 Å². The Hall–Kier alpha value is -1.75. The Morgan fingerprint density at radius 3 is 2.51 bits per heavy atom. The van der Waals surface area contributed by atoms with Crippen molar-refractivity contribution >= 4 is 34.8 Å². The number of ether oxygens (including phenoxy) is 1. The highest BCUT2D eigenvalue weighted by Gasteiger charge is 2.28. The third kappa shape index (κ3) is 8.12. The maximum Gasteiger partial charge on any atom is 0.171 e. The van der Waals surface area contributed by atoms with E-state index in [-0.39, 0.29) is 16.8 Å². The van der Waals surface area contributed by atoms with Gasteiger partial charge in [-0.05, 0) is 64.9 Å². The van der Waals surface area contributed by atoms with E-state index in [1.54, 1.807) is 12.4 Å². The van der Waals surface area contributed by atoms with Gasteiger partial charge in [-0.25, -0.2) is 15.0 Å². The summed E-state index contributed by atoms with van der Waals surface area (Å²) in [5, 5.41) is 20.9. The van der Waals surface area contributed by atoms with E-state index in [0.29, 0.717) is 54.4 Å². The molecular formula is C26H39Cl2N7O2. The number of hydrogen-bond donors (Lipinski definition) is 5. The molecule has 2 aliphatic rings. The van der Waals surface area contributed by atoms with Gasteiger partial charge in [-0.3, -0.25) is 0 Å². The molecule has 2 fully saturated rings. The van der Waals surface area contributed by atoms with Crippen LogP contribution in [0.15, 0.2) is 18.5 Å². The Balaban J connectivity index is 1.38. The highest BCUT2D eigenvalue weighted by atomic mass is 35.5. The molecule has 9 nitrogen and oxygen atoms in total. The summed E-state index contributed by atoms with van der Waals surface area (Å²) < 4.78 is 5.43. The lowest BCUT2D eigenvalue weighted by molar-refractivity contribution is 0.0574. The fourth-order valence-electron chi connectivity index (χ4n) is 5.14. The molecule has 4 rings (SSSR count). The Morgan fingerprint density at radius 2 is 1.81 bits per heavy atom. The second-order valence-electron chi connectivity index (χ2n) is 10.6. The molecule has 6 N–H and O–H groups in total. The monoisotopic (exact) mass is 551 g/mol. The fraction of sp³-hybridized carbons (Fsp3) is 0.654. The number of aliphatic hydroxyl groups excluding tert-OH is 1. The van der Waals surface area contributed by atoms with Crippen molar-refractivity contribution in [2.45, 2.75) is 88.6 Å². The first kappa shape index (κ1) is 28.3. The molecule has 0 bridgehead atoms. The quantitative estimate of drug-likeness (QED) is 0.294. The van der Waals surface area contributed by atoms with Crippen LogP contribution >= 0.6 is 23.2 Å². The largest absolute Gasteiger partial charge is 0.393 e. The maximum absolute atomic E-state index is 9.61. The molecule has 1 saturated carbocycles. The molecule has 1 aliphatic heterocycles. The molecule has 2 atom stereocenters. The summed E-state index contributed by atoms with van der Waals surface area (Å²) in [5.41, 5.74) is 7.49. The van der Waals surface area contributed by atoms with Crippen LogP contribution in [0.2, 0.25) is 10.2 Å². The standard InChI is InChI=1S/C26H39Cl2N7O2/c1-16(11-17(2)36)33-18-3-5-19(6-4-18)34-23-12-20(21(27)13-30-23)22-14-31-24(28)25(35-22)32-15-26(29)7-9-37-10-8-26/h12-14,16-19,33,36H,3-11,15,29H2,1-2H3,(H,30,34)(H,32,35)/t16-,17?,18?,19?/m1/s1. The van der Waals surface area contributed by atoms with Crippen LogP contribution in [0.5, 0.6) is 0 Å². The second-order valence-corrected chi connectivity index (χ2v) is 11.4. The summed E-state index contributed by atoms with van der Waals surface area (Å²) in [6.07, 6.45) is 9.53. The molecule has 2 aromatic rings. The van der Waals surface area contributed by atoms with Gasteiger partial charge in [0.2, 0.25) is 0 Å². The summed E-state index contributed by atoms with van der Waals surface area (Å²) in [7, 11) is 0. The van der Waals surface area contributed by atoms with Crippen LogP contribution in [0.4, 0.5) is 11.6 Å². The van der Waals surface area contributed by atoms with Crippen LogP contribution in [0.3, 0.4) is 0 Å². The molecule has 1 aliphatic carbocycles. The van der Waals surface area contributed by atoms with E-state index in [1.165, 1.54) is 0 Å². The molecule has 1 saturated heterocycles. The zero-order valence-electron chi connectivity index (χ0n) is 21.6. The molecule has 0 radical (unpaired) electrons. The van der Waals surface area contributed by atoms with Crippen molar-refractivity contribution in [1.82, 2.24) is 20.3 Å². The van der Waals surface area contributed by atoms with E-state index in [1.807, 2.05) is 13.0 Å². The average molecular weight is 553 g/mol. The molecule has 0 spiro atoms. The molecule has 3 heterocycles. The number of hydrogen-bond acceptors (Lipinski definition) is 9. The van der Waals surface area contributed by atoms with Crippen LogP contribution in [0.1, 0.15) is 58.8 Å². The molecule has 1 unspecified atom stereocenters. The predicted molar refractivity (Wildman–Crippen MR) is 149 cm³/mol. The van der Waals surface area contributed by atoms with Crippen LogP contribution in [-0.4, -0.2) is 69.6 Å². The number of pyridine rings is 1. The van der Waals surface area contributed by atoms with Gasteiger partial charge in [0.15, 0.2) is 11.0 Å². The Morgan fingerprint density at radius 1 is 1.11 bits per heavy atom. The van der Waals surface area contributed by atoms with E-state index in [2.05, 4.69) is 32.8 Å². The summed E-state index contributed by atoms with van der Waals surface area (Å²) in [5.74, 6) is 1.24. The third-order valence-corrected chi connectivity index (χ3v) is 7.83. The molecule has 0 aromatic carbocycles. The Kier molecular flexibility index (Phi) is 9.83. The van der Waals surface area contributed by atoms with Crippen molar-refractivity contribution < 1.29 is 9.84 Å². The van der Waals surface area contributed by atoms with Gasteiger partial charge < -0.3 is 31.5 Å². The highest BCUT2D eigenvalue weighted by molar-refractivity contribution is 6.33. The minimum absolute atomic E-state index is 0.285. The van der Waals surface area contributed by atoms with Gasteiger partial charge in [-0.1, -0.05) is 23.2 Å². The molecule has 11 heteroatoms. The van der Waals surface area contributed by atoms with Crippen molar-refractivity contribution in [2.75, 3.05) is 30.4 Å². The minimum Gasteiger partial charge on any atom is -0.393 e. The van der Waals surface area contributed by atoms with Crippen molar-refractivity contribution in [3.63, 3.8) is 0 Å². The van der Waals surface area contributed by atoms with Crippen molar-refractivity contribution in [3.8, 4) is 11.3 Å². The van der Waals surface area contributed by atoms with Gasteiger partial charge in [-0.2, -0.15) is 0 Å². The fourth-order valence-corrected chi connectivity index (χ4v) is 5.50. The normalized spacial score (nSPS) is 23.3. The van der Waals surface area contributed by atoms with Crippen molar-refractivity contribution in [3.05, 3.63) is 28.6 Å². The number of aromatic nitrogens is 3. The van der Waals surface area contributed by atoms with E-state index in [9.17, 15) is 5.11 Å². The smallest absolute Gasteiger partial charge is 0.171 e. The first-order valence-electron chi connectivity index (χ1n) is 13.2. The summed E-state index contributed by atoms with van der Waals surface area (Å²) >= 11 is 12.9. The number of rotatable bonds is 10. The lowest BCUT2D eigenvalue weighted by Gasteiger charge is -2.33. The van der Waals surface area contributed by atoms with Gasteiger partial charge in [0.25, 0.3) is 0 Å². The number of nitrogens with zero attached hydrogens (tertiary/aromatic N) is 3. The van der Waals surface area contributed by atoms with E-state index >= 15 is 0 Å². The highest BCUT2D eigenvalue weighted by Crippen LogP contribution is 2.31. The van der Waals surface area contributed by atoms with Crippen LogP contribution in [-0.2, 0) is 4.74 Å². The van der Waals surface area contributed by atoms with Crippen LogP contribution < -0.4 is 21.7 Å². The topological polar surface area (TPSA) is 130 Å². The first-order chi connectivity index (χ1) is 17.7. The molecule has 0 amide bonds. The van der Waals surface area contributed by atoms with E-state index < -0.39 is 0 Å². The van der Waals surface area contributed by atoms with Crippen molar-refractivity contribution in [2.24, 2.45) is 5.73 Å². The SMILES string of the molecule is CC(O)C[C@@H](C)NC1CCC(Nc2cc(-c3cnc(Cl)c(NCC4(N)CCOCC4)n3)c(Cl)cn2)CC1. The van der Waals surface area contributed by atoms with Crippen LogP contribution in [0.25, 0.3) is 11.3 Å². The predicted octanol–water partition coefficient (Wildman–Crippen LogP) is 4.24. The summed E-state index contributed by atoms with van der Waals surface area (Å²) in [4.78, 5) is 13.5. The zero-order chi connectivity index (χ0) is 26.4. The average Bonchev–Trinajstić information content (AvgIpc) is 2.86. The number of nitrogens with two attached hydrogens (primary N) is 1. The maximum atomic E-state index is 9.61. The van der Waals surface area contributed by atoms with Gasteiger partial charge in [0.05, 0.1) is 23.0 Å². The van der Waals surface area contributed by atoms with E-state index in [4.69, 9.17) is 38.7 Å². The summed E-state index contributed by atoms with van der Waals surface area (Å²) in [6.45, 7) is 5.80. The number of aliphatic hydroxyl groups is 1. The summed E-state index contributed by atoms with van der Waals surface area (Å²) in [6, 6.07) is 3.04. The number of halogens is 2. The Labute approximate surface area is 229 Å². The van der Waals surface area contributed by atoms with Gasteiger partial charge in [0.1, 0.15) is 5.82 Å². The van der Waals surface area contributed by atoms with Gasteiger partial charge >= 0.3 is 0 Å². The van der Waals surface area contributed by atoms with Crippen molar-refractivity contribution in [1.29, 1.82) is 0 Å². The molecule has 37 heavy (non-hydrogen) atoms. The molecule has 204 valence electrons. The minimum atomic E-state index is -0.367. The van der Waals surface area contributed by atoms with Crippen LogP contribution in [0, 0.1) is 0 Å². The Bertz CT molecular complexity index is 1030.